The molecule has 4 fully saturated rings. The third kappa shape index (κ3) is 2.77. The van der Waals surface area contributed by atoms with Crippen LogP contribution in [0.25, 0.3) is 0 Å². The molecule has 1 aromatic heterocycles. The predicted molar refractivity (Wildman–Crippen MR) is 96.1 cm³/mol. The Morgan fingerprint density at radius 1 is 1.23 bits per heavy atom. The maximum Gasteiger partial charge on any atom is 0.246 e. The highest BCUT2D eigenvalue weighted by Crippen LogP contribution is 2.68. The fourth-order valence-electron chi connectivity index (χ4n) is 6.54. The lowest BCUT2D eigenvalue weighted by molar-refractivity contribution is -0.210. The van der Waals surface area contributed by atoms with Gasteiger partial charge in [-0.3, -0.25) is 4.79 Å². The summed E-state index contributed by atoms with van der Waals surface area (Å²) < 4.78 is 5.31. The van der Waals surface area contributed by atoms with Crippen LogP contribution in [0.15, 0.2) is 4.52 Å². The predicted octanol–water partition coefficient (Wildman–Crippen LogP) is 3.09. The van der Waals surface area contributed by atoms with Crippen LogP contribution in [0.5, 0.6) is 0 Å². The molecule has 5 rings (SSSR count). The van der Waals surface area contributed by atoms with Crippen LogP contribution in [0.2, 0.25) is 0 Å². The molecule has 26 heavy (non-hydrogen) atoms. The van der Waals surface area contributed by atoms with E-state index in [0.717, 1.165) is 38.5 Å². The molecule has 1 aromatic rings. The maximum absolute atomic E-state index is 13.6. The van der Waals surface area contributed by atoms with Gasteiger partial charge in [0.2, 0.25) is 11.8 Å². The molecular weight excluding hydrogens is 330 g/mol. The van der Waals surface area contributed by atoms with E-state index in [1.165, 1.54) is 6.42 Å². The van der Waals surface area contributed by atoms with E-state index in [4.69, 9.17) is 4.52 Å². The van der Waals surface area contributed by atoms with E-state index in [9.17, 15) is 9.90 Å². The normalized spacial score (nSPS) is 37.9. The minimum absolute atomic E-state index is 0.142. The Hall–Kier alpha value is -1.43. The van der Waals surface area contributed by atoms with Gasteiger partial charge in [-0.1, -0.05) is 25.4 Å². The first-order valence-corrected chi connectivity index (χ1v) is 10.2. The van der Waals surface area contributed by atoms with Gasteiger partial charge in [0.25, 0.3) is 0 Å². The quantitative estimate of drug-likeness (QED) is 0.842. The highest BCUT2D eigenvalue weighted by molar-refractivity contribution is 5.83. The SMILES string of the molecule is CCc1noc(CN(CC)C(=O)[C@]23C[C@H]4C[C@](O)(C[C@@](CC)(C4)C2)C3)n1. The van der Waals surface area contributed by atoms with Crippen molar-refractivity contribution in [3.63, 3.8) is 0 Å². The van der Waals surface area contributed by atoms with Crippen LogP contribution in [0.3, 0.4) is 0 Å². The van der Waals surface area contributed by atoms with Gasteiger partial charge < -0.3 is 14.5 Å². The van der Waals surface area contributed by atoms with Gasteiger partial charge in [-0.2, -0.15) is 4.98 Å². The molecule has 4 aliphatic carbocycles. The number of aromatic nitrogens is 2. The lowest BCUT2D eigenvalue weighted by Crippen LogP contribution is -2.64. The smallest absolute Gasteiger partial charge is 0.246 e. The fourth-order valence-corrected chi connectivity index (χ4v) is 6.54. The summed E-state index contributed by atoms with van der Waals surface area (Å²) >= 11 is 0. The molecule has 1 heterocycles. The van der Waals surface area contributed by atoms with Crippen LogP contribution in [0, 0.1) is 16.7 Å². The molecule has 0 saturated heterocycles. The van der Waals surface area contributed by atoms with Crippen LogP contribution in [-0.2, 0) is 17.8 Å². The van der Waals surface area contributed by atoms with Crippen molar-refractivity contribution in [2.24, 2.45) is 16.7 Å². The molecule has 1 amide bonds. The topological polar surface area (TPSA) is 79.5 Å². The van der Waals surface area contributed by atoms with Crippen molar-refractivity contribution in [2.45, 2.75) is 84.3 Å². The second-order valence-electron chi connectivity index (χ2n) is 9.14. The first-order valence-electron chi connectivity index (χ1n) is 10.2. The summed E-state index contributed by atoms with van der Waals surface area (Å²) in [6.45, 7) is 7.19. The molecule has 0 aromatic carbocycles. The van der Waals surface area contributed by atoms with Crippen LogP contribution >= 0.6 is 0 Å². The molecule has 1 N–H and O–H groups in total. The number of carbonyl (C=O) groups excluding carboxylic acids is 1. The molecule has 4 aliphatic rings. The monoisotopic (exact) mass is 361 g/mol. The molecular formula is C20H31N3O3. The van der Waals surface area contributed by atoms with Gasteiger partial charge in [0.05, 0.1) is 17.6 Å². The van der Waals surface area contributed by atoms with E-state index < -0.39 is 11.0 Å². The Morgan fingerprint density at radius 2 is 2.04 bits per heavy atom. The number of aliphatic hydroxyl groups is 1. The molecule has 0 radical (unpaired) electrons. The molecule has 0 unspecified atom stereocenters. The number of hydrogen-bond acceptors (Lipinski definition) is 5. The molecule has 4 atom stereocenters. The van der Waals surface area contributed by atoms with Crippen molar-refractivity contribution in [1.82, 2.24) is 15.0 Å². The van der Waals surface area contributed by atoms with Crippen molar-refractivity contribution in [2.75, 3.05) is 6.54 Å². The first-order chi connectivity index (χ1) is 12.3. The maximum atomic E-state index is 13.6. The highest BCUT2D eigenvalue weighted by Gasteiger charge is 2.65. The average Bonchev–Trinajstić information content (AvgIpc) is 3.04. The number of hydrogen-bond donors (Lipinski definition) is 1. The van der Waals surface area contributed by atoms with E-state index in [-0.39, 0.29) is 11.3 Å². The third-order valence-corrected chi connectivity index (χ3v) is 7.18. The van der Waals surface area contributed by atoms with E-state index >= 15 is 0 Å². The number of carbonyl (C=O) groups is 1. The average molecular weight is 361 g/mol. The molecule has 6 nitrogen and oxygen atoms in total. The molecule has 6 heteroatoms. The van der Waals surface area contributed by atoms with Crippen molar-refractivity contribution in [3.05, 3.63) is 11.7 Å². The summed E-state index contributed by atoms with van der Waals surface area (Å²) in [5.41, 5.74) is -0.915. The van der Waals surface area contributed by atoms with E-state index in [1.54, 1.807) is 0 Å². The fraction of sp³-hybridized carbons (Fsp3) is 0.850. The number of amides is 1. The Balaban J connectivity index is 1.59. The molecule has 0 spiro atoms. The van der Waals surface area contributed by atoms with Crippen LogP contribution in [-0.4, -0.2) is 38.2 Å². The van der Waals surface area contributed by atoms with Gasteiger partial charge in [0.15, 0.2) is 5.82 Å². The largest absolute Gasteiger partial charge is 0.390 e. The Labute approximate surface area is 155 Å². The van der Waals surface area contributed by atoms with Gasteiger partial charge in [-0.15, -0.1) is 0 Å². The number of nitrogens with zero attached hydrogens (tertiary/aromatic N) is 3. The van der Waals surface area contributed by atoms with Gasteiger partial charge >= 0.3 is 0 Å². The zero-order chi connectivity index (χ0) is 18.6. The number of rotatable bonds is 6. The van der Waals surface area contributed by atoms with Crippen LogP contribution < -0.4 is 0 Å². The van der Waals surface area contributed by atoms with Crippen molar-refractivity contribution < 1.29 is 14.4 Å². The van der Waals surface area contributed by atoms with E-state index in [0.29, 0.717) is 37.1 Å². The third-order valence-electron chi connectivity index (χ3n) is 7.18. The Morgan fingerprint density at radius 3 is 2.65 bits per heavy atom. The summed E-state index contributed by atoms with van der Waals surface area (Å²) in [7, 11) is 0. The standard InChI is InChI=1S/C20H31N3O3/c1-4-15-21-16(26-22-15)10-23(6-3)17(24)19-8-14-7-18(5-2,11-19)12-20(25,9-14)13-19/h14,25H,4-13H2,1-3H3/t14-,18-,19+,20-/m0/s1. The van der Waals surface area contributed by atoms with Crippen molar-refractivity contribution in [3.8, 4) is 0 Å². The van der Waals surface area contributed by atoms with E-state index in [1.807, 2.05) is 18.7 Å². The van der Waals surface area contributed by atoms with Gasteiger partial charge in [0.1, 0.15) is 0 Å². The molecule has 144 valence electrons. The van der Waals surface area contributed by atoms with Crippen molar-refractivity contribution in [1.29, 1.82) is 0 Å². The Bertz CT molecular complexity index is 704. The summed E-state index contributed by atoms with van der Waals surface area (Å²) in [6, 6.07) is 0. The summed E-state index contributed by atoms with van der Waals surface area (Å²) in [4.78, 5) is 19.9. The van der Waals surface area contributed by atoms with Crippen LogP contribution in [0.1, 0.15) is 77.4 Å². The first kappa shape index (κ1) is 18.0. The zero-order valence-electron chi connectivity index (χ0n) is 16.3. The van der Waals surface area contributed by atoms with Gasteiger partial charge in [-0.25, -0.2) is 0 Å². The number of aryl methyl sites for hydroxylation is 1. The highest BCUT2D eigenvalue weighted by atomic mass is 16.5. The minimum Gasteiger partial charge on any atom is -0.390 e. The van der Waals surface area contributed by atoms with Gasteiger partial charge in [-0.05, 0) is 56.8 Å². The lowest BCUT2D eigenvalue weighted by atomic mass is 9.42. The molecule has 4 saturated carbocycles. The summed E-state index contributed by atoms with van der Waals surface area (Å²) in [5, 5.41) is 15.1. The lowest BCUT2D eigenvalue weighted by Gasteiger charge is -2.64. The second-order valence-corrected chi connectivity index (χ2v) is 9.14. The second kappa shape index (κ2) is 6.04. The minimum atomic E-state index is -0.648. The van der Waals surface area contributed by atoms with E-state index in [2.05, 4.69) is 17.1 Å². The van der Waals surface area contributed by atoms with Crippen molar-refractivity contribution >= 4 is 5.91 Å². The molecule has 0 aliphatic heterocycles. The summed E-state index contributed by atoms with van der Waals surface area (Å²) in [5.74, 6) is 1.84. The Kier molecular flexibility index (Phi) is 4.17. The summed E-state index contributed by atoms with van der Waals surface area (Å²) in [6.07, 6.45) is 7.17. The van der Waals surface area contributed by atoms with Gasteiger partial charge in [0, 0.05) is 13.0 Å². The zero-order valence-corrected chi connectivity index (χ0v) is 16.3. The molecule has 4 bridgehead atoms. The van der Waals surface area contributed by atoms with Crippen LogP contribution in [0.4, 0.5) is 0 Å².